The van der Waals surface area contributed by atoms with Crippen LogP contribution in [0.3, 0.4) is 0 Å². The molecule has 1 fully saturated rings. The minimum absolute atomic E-state index is 0.171. The predicted octanol–water partition coefficient (Wildman–Crippen LogP) is 4.70. The highest BCUT2D eigenvalue weighted by molar-refractivity contribution is 5.70. The van der Waals surface area contributed by atoms with E-state index in [-0.39, 0.29) is 24.1 Å². The zero-order valence-corrected chi connectivity index (χ0v) is 21.2. The van der Waals surface area contributed by atoms with Gasteiger partial charge in [-0.3, -0.25) is 9.59 Å². The van der Waals surface area contributed by atoms with Gasteiger partial charge in [0.05, 0.1) is 48.3 Å². The van der Waals surface area contributed by atoms with Crippen LogP contribution in [0.1, 0.15) is 43.2 Å². The fraction of sp³-hybridized carbons (Fsp3) is 0.267. The minimum Gasteiger partial charge on any atom is -0.487 e. The van der Waals surface area contributed by atoms with Crippen molar-refractivity contribution >= 4 is 5.97 Å². The second-order valence-corrected chi connectivity index (χ2v) is 9.64. The Hall–Kier alpha value is -4.84. The summed E-state index contributed by atoms with van der Waals surface area (Å²) < 4.78 is 7.42. The van der Waals surface area contributed by atoms with Crippen molar-refractivity contribution in [1.29, 1.82) is 5.26 Å². The van der Waals surface area contributed by atoms with E-state index < -0.39 is 5.97 Å². The quantitative estimate of drug-likeness (QED) is 0.346. The van der Waals surface area contributed by atoms with E-state index in [1.54, 1.807) is 36.7 Å². The monoisotopic (exact) mass is 521 g/mol. The van der Waals surface area contributed by atoms with Gasteiger partial charge in [0.15, 0.2) is 11.6 Å². The molecule has 1 aliphatic rings. The van der Waals surface area contributed by atoms with E-state index in [4.69, 9.17) is 4.74 Å². The normalized spacial score (nSPS) is 17.1. The van der Waals surface area contributed by atoms with Gasteiger partial charge in [0.25, 0.3) is 5.56 Å². The summed E-state index contributed by atoms with van der Waals surface area (Å²) >= 11 is 0. The molecule has 0 saturated heterocycles. The van der Waals surface area contributed by atoms with Crippen LogP contribution in [0.5, 0.6) is 5.75 Å². The van der Waals surface area contributed by atoms with Crippen LogP contribution in [0.2, 0.25) is 0 Å². The summed E-state index contributed by atoms with van der Waals surface area (Å²) in [6.45, 7) is 0.256. The summed E-state index contributed by atoms with van der Waals surface area (Å²) in [5.74, 6) is -0.130. The molecule has 2 aromatic carbocycles. The average Bonchev–Trinajstić information content (AvgIpc) is 3.21. The standard InChI is InChI=1S/C30H27N5O4/c31-16-20-5-3-8-22(13-20)27-11-12-28(36)35(34-27)19-21-6-4-9-23(14-21)29-32-17-26(18-33-29)39-25-10-2-1-7-24(15-25)30(37)38/h3-6,8-9,11-14,17-18,24-25H,1-2,7,10,15,19H2,(H,37,38). The fourth-order valence-electron chi connectivity index (χ4n) is 4.81. The lowest BCUT2D eigenvalue weighted by molar-refractivity contribution is -0.142. The SMILES string of the molecule is N#Cc1cccc(-c2ccc(=O)n(Cc3cccc(-c4ncc(OC5CCCCC(C(=O)O)C5)cn4)c3)n2)c1. The van der Waals surface area contributed by atoms with E-state index >= 15 is 0 Å². The van der Waals surface area contributed by atoms with Gasteiger partial charge in [0.1, 0.15) is 0 Å². The second kappa shape index (κ2) is 11.7. The third kappa shape index (κ3) is 6.36. The van der Waals surface area contributed by atoms with Crippen molar-refractivity contribution in [3.05, 3.63) is 94.5 Å². The summed E-state index contributed by atoms with van der Waals surface area (Å²) in [5, 5.41) is 23.1. The van der Waals surface area contributed by atoms with E-state index in [1.807, 2.05) is 30.3 Å². The molecule has 1 saturated carbocycles. The molecule has 2 atom stereocenters. The number of benzene rings is 2. The molecule has 39 heavy (non-hydrogen) atoms. The van der Waals surface area contributed by atoms with Crippen molar-refractivity contribution < 1.29 is 14.6 Å². The van der Waals surface area contributed by atoms with Crippen molar-refractivity contribution in [1.82, 2.24) is 19.7 Å². The van der Waals surface area contributed by atoms with Crippen molar-refractivity contribution in [2.75, 3.05) is 0 Å². The molecule has 0 aliphatic heterocycles. The van der Waals surface area contributed by atoms with Crippen molar-refractivity contribution in [2.24, 2.45) is 5.92 Å². The molecule has 0 bridgehead atoms. The first kappa shape index (κ1) is 25.8. The van der Waals surface area contributed by atoms with Crippen LogP contribution in [0.15, 0.2) is 77.9 Å². The van der Waals surface area contributed by atoms with Crippen molar-refractivity contribution in [3.63, 3.8) is 0 Å². The van der Waals surface area contributed by atoms with Crippen molar-refractivity contribution in [2.45, 2.75) is 44.8 Å². The maximum Gasteiger partial charge on any atom is 0.306 e. The van der Waals surface area contributed by atoms with Crippen LogP contribution >= 0.6 is 0 Å². The number of nitriles is 1. The van der Waals surface area contributed by atoms with Gasteiger partial charge in [-0.05, 0) is 55.5 Å². The third-order valence-corrected chi connectivity index (χ3v) is 6.83. The molecule has 2 unspecified atom stereocenters. The molecule has 2 aromatic heterocycles. The van der Waals surface area contributed by atoms with Crippen LogP contribution < -0.4 is 10.3 Å². The number of ether oxygens (including phenoxy) is 1. The first-order valence-corrected chi connectivity index (χ1v) is 12.9. The number of hydrogen-bond acceptors (Lipinski definition) is 7. The van der Waals surface area contributed by atoms with Crippen LogP contribution in [-0.2, 0) is 11.3 Å². The smallest absolute Gasteiger partial charge is 0.306 e. The summed E-state index contributed by atoms with van der Waals surface area (Å²) in [5.41, 5.74) is 3.29. The number of nitrogens with zero attached hydrogens (tertiary/aromatic N) is 5. The number of carboxylic acids is 1. The van der Waals surface area contributed by atoms with Crippen LogP contribution in [0, 0.1) is 17.2 Å². The van der Waals surface area contributed by atoms with E-state index in [2.05, 4.69) is 21.1 Å². The number of carboxylic acid groups (broad SMARTS) is 1. The minimum atomic E-state index is -0.769. The fourth-order valence-corrected chi connectivity index (χ4v) is 4.81. The van der Waals surface area contributed by atoms with E-state index in [0.29, 0.717) is 35.7 Å². The van der Waals surface area contributed by atoms with Crippen LogP contribution in [0.4, 0.5) is 0 Å². The molecule has 196 valence electrons. The molecule has 1 N–H and O–H groups in total. The first-order valence-electron chi connectivity index (χ1n) is 12.9. The van der Waals surface area contributed by atoms with Crippen LogP contribution in [0.25, 0.3) is 22.6 Å². The maximum absolute atomic E-state index is 12.5. The highest BCUT2D eigenvalue weighted by Gasteiger charge is 2.26. The Labute approximate surface area is 225 Å². The van der Waals surface area contributed by atoms with E-state index in [0.717, 1.165) is 36.0 Å². The summed E-state index contributed by atoms with van der Waals surface area (Å²) in [6, 6.07) is 19.9. The van der Waals surface area contributed by atoms with Gasteiger partial charge >= 0.3 is 5.97 Å². The highest BCUT2D eigenvalue weighted by atomic mass is 16.5. The van der Waals surface area contributed by atoms with Gasteiger partial charge in [-0.15, -0.1) is 0 Å². The van der Waals surface area contributed by atoms with Gasteiger partial charge in [0, 0.05) is 17.2 Å². The molecule has 9 heteroatoms. The highest BCUT2D eigenvalue weighted by Crippen LogP contribution is 2.27. The largest absolute Gasteiger partial charge is 0.487 e. The Morgan fingerprint density at radius 2 is 1.79 bits per heavy atom. The molecule has 9 nitrogen and oxygen atoms in total. The second-order valence-electron chi connectivity index (χ2n) is 9.64. The zero-order valence-electron chi connectivity index (χ0n) is 21.2. The average molecular weight is 522 g/mol. The van der Waals surface area contributed by atoms with Gasteiger partial charge in [-0.25, -0.2) is 14.6 Å². The maximum atomic E-state index is 12.5. The zero-order chi connectivity index (χ0) is 27.2. The van der Waals surface area contributed by atoms with Gasteiger partial charge in [0.2, 0.25) is 0 Å². The van der Waals surface area contributed by atoms with E-state index in [1.165, 1.54) is 10.7 Å². The Morgan fingerprint density at radius 1 is 1.03 bits per heavy atom. The Bertz CT molecular complexity index is 1580. The molecule has 2 heterocycles. The molecule has 0 amide bonds. The third-order valence-electron chi connectivity index (χ3n) is 6.83. The van der Waals surface area contributed by atoms with Crippen LogP contribution in [-0.4, -0.2) is 36.9 Å². The number of rotatable bonds is 7. The lowest BCUT2D eigenvalue weighted by atomic mass is 10.00. The summed E-state index contributed by atoms with van der Waals surface area (Å²) in [7, 11) is 0. The topological polar surface area (TPSA) is 131 Å². The number of aliphatic carboxylic acids is 1. The molecule has 0 radical (unpaired) electrons. The van der Waals surface area contributed by atoms with Gasteiger partial charge < -0.3 is 9.84 Å². The molecular weight excluding hydrogens is 494 g/mol. The number of carbonyl (C=O) groups is 1. The molecular formula is C30H27N5O4. The molecule has 0 spiro atoms. The Balaban J connectivity index is 1.30. The van der Waals surface area contributed by atoms with Crippen molar-refractivity contribution in [3.8, 4) is 34.5 Å². The number of hydrogen-bond donors (Lipinski definition) is 1. The predicted molar refractivity (Wildman–Crippen MR) is 144 cm³/mol. The van der Waals surface area contributed by atoms with Gasteiger partial charge in [-0.2, -0.15) is 10.4 Å². The Morgan fingerprint density at radius 3 is 2.59 bits per heavy atom. The summed E-state index contributed by atoms with van der Waals surface area (Å²) in [6.07, 6.45) is 6.86. The first-order chi connectivity index (χ1) is 19.0. The number of aromatic nitrogens is 4. The lowest BCUT2D eigenvalue weighted by Crippen LogP contribution is -2.23. The lowest BCUT2D eigenvalue weighted by Gasteiger charge is -2.19. The molecule has 4 aromatic rings. The van der Waals surface area contributed by atoms with Gasteiger partial charge in [-0.1, -0.05) is 36.8 Å². The van der Waals surface area contributed by atoms with E-state index in [9.17, 15) is 20.0 Å². The molecule has 1 aliphatic carbocycles. The Kier molecular flexibility index (Phi) is 7.73. The molecule has 5 rings (SSSR count). The summed E-state index contributed by atoms with van der Waals surface area (Å²) in [4.78, 5) is 32.9.